The minimum absolute atomic E-state index is 0.0695. The van der Waals surface area contributed by atoms with Crippen LogP contribution >= 0.6 is 35.1 Å². The van der Waals surface area contributed by atoms with Crippen molar-refractivity contribution in [1.82, 2.24) is 4.90 Å². The third-order valence-corrected chi connectivity index (χ3v) is 7.09. The second kappa shape index (κ2) is 7.14. The number of rotatable bonds is 2. The van der Waals surface area contributed by atoms with Crippen LogP contribution < -0.4 is 9.64 Å². The zero-order valence-corrected chi connectivity index (χ0v) is 17.3. The first kappa shape index (κ1) is 18.3. The van der Waals surface area contributed by atoms with Crippen LogP contribution in [0.2, 0.25) is 5.02 Å². The van der Waals surface area contributed by atoms with Gasteiger partial charge in [0.25, 0.3) is 5.91 Å². The molecule has 0 aliphatic carbocycles. The number of halogens is 1. The van der Waals surface area contributed by atoms with Crippen molar-refractivity contribution >= 4 is 57.6 Å². The molecule has 0 spiro atoms. The predicted molar refractivity (Wildman–Crippen MR) is 113 cm³/mol. The summed E-state index contributed by atoms with van der Waals surface area (Å²) in [5.74, 6) is 0.718. The molecule has 8 heteroatoms. The first-order chi connectivity index (χ1) is 13.0. The van der Waals surface area contributed by atoms with Gasteiger partial charge in [-0.1, -0.05) is 35.5 Å². The molecule has 0 bridgehead atoms. The van der Waals surface area contributed by atoms with E-state index in [0.29, 0.717) is 20.8 Å². The van der Waals surface area contributed by atoms with E-state index in [4.69, 9.17) is 16.3 Å². The monoisotopic (exact) mass is 417 g/mol. The number of carbonyl (C=O) groups excluding carboxylic acids is 1. The molecule has 1 amide bonds. The number of amidine groups is 1. The molecule has 5 nitrogen and oxygen atoms in total. The molecule has 2 aromatic carbocycles. The number of anilines is 1. The molecule has 0 unspecified atom stereocenters. The van der Waals surface area contributed by atoms with Crippen molar-refractivity contribution in [2.75, 3.05) is 26.1 Å². The van der Waals surface area contributed by atoms with Crippen LogP contribution in [0.1, 0.15) is 0 Å². The molecular formula is C19H16ClN3O2S2. The van der Waals surface area contributed by atoms with E-state index < -0.39 is 0 Å². The second-order valence-electron chi connectivity index (χ2n) is 5.94. The average Bonchev–Trinajstić information content (AvgIpc) is 3.14. The maximum Gasteiger partial charge on any atom is 0.269 e. The number of hydrogen-bond acceptors (Lipinski definition) is 6. The Morgan fingerprint density at radius 3 is 2.59 bits per heavy atom. The van der Waals surface area contributed by atoms with Crippen LogP contribution in [-0.4, -0.2) is 37.2 Å². The molecule has 0 aromatic heterocycles. The van der Waals surface area contributed by atoms with Crippen LogP contribution in [0.25, 0.3) is 0 Å². The van der Waals surface area contributed by atoms with Gasteiger partial charge in [0.15, 0.2) is 5.17 Å². The Morgan fingerprint density at radius 1 is 1.07 bits per heavy atom. The van der Waals surface area contributed by atoms with Crippen molar-refractivity contribution < 1.29 is 9.53 Å². The Balaban J connectivity index is 1.71. The van der Waals surface area contributed by atoms with Gasteiger partial charge in [-0.2, -0.15) is 0 Å². The summed E-state index contributed by atoms with van der Waals surface area (Å²) >= 11 is 9.15. The van der Waals surface area contributed by atoms with Crippen LogP contribution in [0.15, 0.2) is 62.3 Å². The average molecular weight is 418 g/mol. The van der Waals surface area contributed by atoms with Crippen LogP contribution in [0, 0.1) is 0 Å². The third-order valence-electron chi connectivity index (χ3n) is 4.28. The standard InChI is InChI=1S/C19H16ClN3O2S2/c1-22-14-10-11(25-3)8-9-15(14)26-18(22)16-17(24)23(2)19(27-16)21-13-7-5-4-6-12(13)20/h4-10H,1-3H3/b18-16+,21-19?. The van der Waals surface area contributed by atoms with Gasteiger partial charge < -0.3 is 9.64 Å². The summed E-state index contributed by atoms with van der Waals surface area (Å²) in [5, 5.41) is 2.06. The molecule has 2 aromatic rings. The Bertz CT molecular complexity index is 1010. The first-order valence-electron chi connectivity index (χ1n) is 8.12. The third kappa shape index (κ3) is 3.20. The number of ether oxygens (including phenoxy) is 1. The quantitative estimate of drug-likeness (QED) is 0.646. The molecule has 1 saturated heterocycles. The van der Waals surface area contributed by atoms with Crippen molar-refractivity contribution in [3.8, 4) is 5.75 Å². The number of carbonyl (C=O) groups is 1. The summed E-state index contributed by atoms with van der Waals surface area (Å²) in [6.45, 7) is 0. The minimum Gasteiger partial charge on any atom is -0.497 e. The predicted octanol–water partition coefficient (Wildman–Crippen LogP) is 4.95. The normalized spacial score (nSPS) is 20.6. The van der Waals surface area contributed by atoms with E-state index in [1.807, 2.05) is 48.3 Å². The fourth-order valence-corrected chi connectivity index (χ4v) is 5.26. The molecule has 2 aliphatic heterocycles. The van der Waals surface area contributed by atoms with Gasteiger partial charge in [-0.15, -0.1) is 0 Å². The van der Waals surface area contributed by atoms with Gasteiger partial charge in [0, 0.05) is 25.1 Å². The lowest BCUT2D eigenvalue weighted by atomic mass is 10.3. The van der Waals surface area contributed by atoms with Crippen molar-refractivity contribution in [1.29, 1.82) is 0 Å². The molecule has 1 fully saturated rings. The molecule has 27 heavy (non-hydrogen) atoms. The summed E-state index contributed by atoms with van der Waals surface area (Å²) in [6, 6.07) is 13.2. The van der Waals surface area contributed by atoms with E-state index in [-0.39, 0.29) is 5.91 Å². The van der Waals surface area contributed by atoms with E-state index in [1.54, 1.807) is 36.9 Å². The highest BCUT2D eigenvalue weighted by atomic mass is 35.5. The first-order valence-corrected chi connectivity index (χ1v) is 10.1. The van der Waals surface area contributed by atoms with Crippen molar-refractivity contribution in [3.63, 3.8) is 0 Å². The summed E-state index contributed by atoms with van der Waals surface area (Å²) in [4.78, 5) is 22.8. The van der Waals surface area contributed by atoms with Gasteiger partial charge in [0.1, 0.15) is 10.7 Å². The zero-order valence-electron chi connectivity index (χ0n) is 14.9. The number of aliphatic imine (C=N–C) groups is 1. The fourth-order valence-electron chi connectivity index (χ4n) is 2.77. The largest absolute Gasteiger partial charge is 0.497 e. The van der Waals surface area contributed by atoms with E-state index in [2.05, 4.69) is 4.99 Å². The molecule has 2 heterocycles. The van der Waals surface area contributed by atoms with Gasteiger partial charge >= 0.3 is 0 Å². The Morgan fingerprint density at radius 2 is 1.85 bits per heavy atom. The van der Waals surface area contributed by atoms with Gasteiger partial charge in [-0.25, -0.2) is 4.99 Å². The molecule has 0 atom stereocenters. The van der Waals surface area contributed by atoms with Crippen LogP contribution in [0.4, 0.5) is 11.4 Å². The van der Waals surface area contributed by atoms with Crippen molar-refractivity contribution in [3.05, 3.63) is 57.4 Å². The minimum atomic E-state index is -0.0695. The topological polar surface area (TPSA) is 45.1 Å². The number of nitrogens with zero attached hydrogens (tertiary/aromatic N) is 3. The number of methoxy groups -OCH3 is 1. The molecule has 0 saturated carbocycles. The summed E-state index contributed by atoms with van der Waals surface area (Å²) in [6.07, 6.45) is 0. The summed E-state index contributed by atoms with van der Waals surface area (Å²) < 4.78 is 5.32. The van der Waals surface area contributed by atoms with E-state index in [9.17, 15) is 4.79 Å². The van der Waals surface area contributed by atoms with Crippen molar-refractivity contribution in [2.45, 2.75) is 4.90 Å². The molecule has 138 valence electrons. The van der Waals surface area contributed by atoms with Crippen molar-refractivity contribution in [2.24, 2.45) is 4.99 Å². The number of likely N-dealkylation sites (N-methyl/N-ethyl adjacent to an activating group) is 1. The highest BCUT2D eigenvalue weighted by Crippen LogP contribution is 2.50. The number of thioether (sulfide) groups is 2. The summed E-state index contributed by atoms with van der Waals surface area (Å²) in [5.41, 5.74) is 1.67. The highest BCUT2D eigenvalue weighted by molar-refractivity contribution is 8.19. The number of fused-ring (bicyclic) bond motifs is 1. The Labute approximate surface area is 171 Å². The van der Waals surface area contributed by atoms with Gasteiger partial charge in [-0.3, -0.25) is 9.69 Å². The van der Waals surface area contributed by atoms with Crippen LogP contribution in [0.5, 0.6) is 5.75 Å². The molecular weight excluding hydrogens is 402 g/mol. The Hall–Kier alpha value is -2.09. The number of benzene rings is 2. The highest BCUT2D eigenvalue weighted by Gasteiger charge is 2.37. The number of amides is 1. The van der Waals surface area contributed by atoms with Crippen LogP contribution in [-0.2, 0) is 4.79 Å². The Kier molecular flexibility index (Phi) is 4.84. The molecule has 2 aliphatic rings. The summed E-state index contributed by atoms with van der Waals surface area (Å²) in [7, 11) is 5.33. The number of para-hydroxylation sites is 1. The maximum atomic E-state index is 12.9. The SMILES string of the molecule is COc1ccc2c(c1)N(C)/C(=C1\SC(=Nc3ccccc3Cl)N(C)C1=O)S2. The molecule has 0 N–H and O–H groups in total. The van der Waals surface area contributed by atoms with E-state index >= 15 is 0 Å². The lowest BCUT2D eigenvalue weighted by molar-refractivity contribution is -0.121. The molecule has 0 radical (unpaired) electrons. The van der Waals surface area contributed by atoms with Gasteiger partial charge in [0.2, 0.25) is 0 Å². The fraction of sp³-hybridized carbons (Fsp3) is 0.158. The lowest BCUT2D eigenvalue weighted by Crippen LogP contribution is -2.24. The van der Waals surface area contributed by atoms with E-state index in [0.717, 1.165) is 21.4 Å². The number of hydrogen-bond donors (Lipinski definition) is 0. The lowest BCUT2D eigenvalue weighted by Gasteiger charge is -2.15. The van der Waals surface area contributed by atoms with Gasteiger partial charge in [0.05, 0.1) is 28.5 Å². The van der Waals surface area contributed by atoms with Crippen LogP contribution in [0.3, 0.4) is 0 Å². The second-order valence-corrected chi connectivity index (χ2v) is 8.36. The van der Waals surface area contributed by atoms with E-state index in [1.165, 1.54) is 11.8 Å². The zero-order chi connectivity index (χ0) is 19.1. The smallest absolute Gasteiger partial charge is 0.269 e. The molecule has 4 rings (SSSR count). The van der Waals surface area contributed by atoms with Gasteiger partial charge in [-0.05, 0) is 36.0 Å². The maximum absolute atomic E-state index is 12.9.